The van der Waals surface area contributed by atoms with E-state index < -0.39 is 18.6 Å². The van der Waals surface area contributed by atoms with Gasteiger partial charge in [0.05, 0.1) is 0 Å². The highest BCUT2D eigenvalue weighted by Gasteiger charge is 2.34. The fraction of sp³-hybridized carbons (Fsp3) is 0.750. The molecule has 1 amide bonds. The average molecular weight is 292 g/mol. The Kier molecular flexibility index (Phi) is 4.77. The summed E-state index contributed by atoms with van der Waals surface area (Å²) in [6, 6.07) is 0. The molecule has 1 aromatic rings. The fourth-order valence-electron chi connectivity index (χ4n) is 1.57. The van der Waals surface area contributed by atoms with Crippen LogP contribution in [0.15, 0.2) is 0 Å². The van der Waals surface area contributed by atoms with E-state index in [4.69, 9.17) is 0 Å². The van der Waals surface area contributed by atoms with Gasteiger partial charge in [0.25, 0.3) is 5.91 Å². The molecule has 20 heavy (non-hydrogen) atoms. The first-order chi connectivity index (χ1) is 9.04. The van der Waals surface area contributed by atoms with Gasteiger partial charge >= 0.3 is 6.18 Å². The van der Waals surface area contributed by atoms with E-state index in [0.717, 1.165) is 4.90 Å². The van der Waals surface area contributed by atoms with Crippen LogP contribution >= 0.6 is 0 Å². The first-order valence-electron chi connectivity index (χ1n) is 6.33. The summed E-state index contributed by atoms with van der Waals surface area (Å²) in [5.41, 5.74) is -0.356. The first-order valence-corrected chi connectivity index (χ1v) is 6.33. The van der Waals surface area contributed by atoms with Gasteiger partial charge in [0.2, 0.25) is 5.82 Å². The zero-order chi connectivity index (χ0) is 15.6. The van der Waals surface area contributed by atoms with Crippen molar-refractivity contribution in [3.05, 3.63) is 11.6 Å². The number of carbonyl (C=O) groups is 1. The predicted molar refractivity (Wildman–Crippen MR) is 67.3 cm³/mol. The molecule has 0 saturated carbocycles. The topological polar surface area (TPSA) is 61.9 Å². The highest BCUT2D eigenvalue weighted by atomic mass is 19.4. The first kappa shape index (κ1) is 16.5. The van der Waals surface area contributed by atoms with Gasteiger partial charge in [-0.05, 0) is 6.42 Å². The third kappa shape index (κ3) is 4.50. The number of rotatable bonds is 4. The molecule has 0 atom stereocenters. The van der Waals surface area contributed by atoms with Crippen LogP contribution in [0.1, 0.15) is 50.6 Å². The number of aromatic nitrogens is 3. The largest absolute Gasteiger partial charge is 0.406 e. The van der Waals surface area contributed by atoms with Gasteiger partial charge in [0.1, 0.15) is 12.4 Å². The summed E-state index contributed by atoms with van der Waals surface area (Å²) < 4.78 is 37.4. The molecule has 5 nitrogen and oxygen atoms in total. The van der Waals surface area contributed by atoms with Gasteiger partial charge in [-0.3, -0.25) is 9.89 Å². The van der Waals surface area contributed by atoms with Crippen molar-refractivity contribution < 1.29 is 18.0 Å². The van der Waals surface area contributed by atoms with E-state index in [0.29, 0.717) is 12.2 Å². The van der Waals surface area contributed by atoms with Crippen molar-refractivity contribution in [1.29, 1.82) is 0 Å². The smallest absolute Gasteiger partial charge is 0.327 e. The van der Waals surface area contributed by atoms with Gasteiger partial charge < -0.3 is 4.90 Å². The minimum absolute atomic E-state index is 0.0116. The maximum Gasteiger partial charge on any atom is 0.406 e. The Hall–Kier alpha value is -1.60. The maximum absolute atomic E-state index is 12.5. The van der Waals surface area contributed by atoms with Gasteiger partial charge in [-0.2, -0.15) is 13.2 Å². The van der Waals surface area contributed by atoms with E-state index in [2.05, 4.69) is 15.2 Å². The van der Waals surface area contributed by atoms with E-state index >= 15 is 0 Å². The number of carbonyl (C=O) groups excluding carboxylic acids is 1. The number of nitrogens with zero attached hydrogens (tertiary/aromatic N) is 3. The number of amides is 1. The summed E-state index contributed by atoms with van der Waals surface area (Å²) in [6.07, 6.45) is -4.01. The van der Waals surface area contributed by atoms with Crippen LogP contribution in [0.5, 0.6) is 0 Å². The van der Waals surface area contributed by atoms with Crippen LogP contribution in [0.25, 0.3) is 0 Å². The summed E-state index contributed by atoms with van der Waals surface area (Å²) in [5.74, 6) is -0.576. The number of nitrogens with one attached hydrogen (secondary N) is 1. The van der Waals surface area contributed by atoms with Crippen molar-refractivity contribution in [1.82, 2.24) is 20.1 Å². The molecule has 8 heteroatoms. The minimum atomic E-state index is -4.44. The molecule has 1 rings (SSSR count). The maximum atomic E-state index is 12.5. The molecular weight excluding hydrogens is 273 g/mol. The van der Waals surface area contributed by atoms with Crippen molar-refractivity contribution >= 4 is 5.91 Å². The van der Waals surface area contributed by atoms with Crippen LogP contribution in [0, 0.1) is 0 Å². The molecule has 0 aliphatic rings. The van der Waals surface area contributed by atoms with Crippen molar-refractivity contribution in [2.45, 2.75) is 45.7 Å². The van der Waals surface area contributed by atoms with E-state index in [1.54, 1.807) is 6.92 Å². The summed E-state index contributed by atoms with van der Waals surface area (Å²) in [7, 11) is 0. The van der Waals surface area contributed by atoms with Gasteiger partial charge in [0, 0.05) is 12.0 Å². The number of hydrogen-bond donors (Lipinski definition) is 1. The number of alkyl halides is 3. The Morgan fingerprint density at radius 1 is 1.30 bits per heavy atom. The summed E-state index contributed by atoms with van der Waals surface area (Å²) in [5, 5.41) is 6.32. The summed E-state index contributed by atoms with van der Waals surface area (Å²) in [4.78, 5) is 16.7. The lowest BCUT2D eigenvalue weighted by molar-refractivity contribution is -0.140. The standard InChI is InChI=1S/C12H19F3N4O/c1-5-6-19(7-12(13,14)15)9(20)8-16-10(18-17-8)11(2,3)4/h5-7H2,1-4H3,(H,16,17,18). The van der Waals surface area contributed by atoms with Gasteiger partial charge in [-0.25, -0.2) is 4.98 Å². The molecule has 0 radical (unpaired) electrons. The van der Waals surface area contributed by atoms with E-state index in [-0.39, 0.29) is 17.8 Å². The van der Waals surface area contributed by atoms with E-state index in [9.17, 15) is 18.0 Å². The van der Waals surface area contributed by atoms with Gasteiger partial charge in [-0.1, -0.05) is 27.7 Å². The Balaban J connectivity index is 2.92. The van der Waals surface area contributed by atoms with Crippen molar-refractivity contribution in [2.75, 3.05) is 13.1 Å². The number of H-pyrrole nitrogens is 1. The number of halogens is 3. The van der Waals surface area contributed by atoms with Crippen molar-refractivity contribution in [3.63, 3.8) is 0 Å². The Morgan fingerprint density at radius 2 is 1.90 bits per heavy atom. The Labute approximate surface area is 115 Å². The van der Waals surface area contributed by atoms with Crippen molar-refractivity contribution in [3.8, 4) is 0 Å². The number of hydrogen-bond acceptors (Lipinski definition) is 3. The van der Waals surface area contributed by atoms with Crippen LogP contribution in [0.3, 0.4) is 0 Å². The zero-order valence-corrected chi connectivity index (χ0v) is 12.0. The molecule has 0 spiro atoms. The molecule has 1 N–H and O–H groups in total. The van der Waals surface area contributed by atoms with Crippen LogP contribution in [0.2, 0.25) is 0 Å². The predicted octanol–water partition coefficient (Wildman–Crippen LogP) is 2.52. The average Bonchev–Trinajstić information content (AvgIpc) is 2.74. The Bertz CT molecular complexity index is 462. The van der Waals surface area contributed by atoms with Crippen molar-refractivity contribution in [2.24, 2.45) is 0 Å². The third-order valence-electron chi connectivity index (χ3n) is 2.54. The zero-order valence-electron chi connectivity index (χ0n) is 12.0. The van der Waals surface area contributed by atoms with Crippen LogP contribution in [0.4, 0.5) is 13.2 Å². The highest BCUT2D eigenvalue weighted by Crippen LogP contribution is 2.20. The number of aromatic amines is 1. The third-order valence-corrected chi connectivity index (χ3v) is 2.54. The molecule has 0 fully saturated rings. The Morgan fingerprint density at radius 3 is 2.30 bits per heavy atom. The lowest BCUT2D eigenvalue weighted by Gasteiger charge is -2.22. The SMILES string of the molecule is CCCN(CC(F)(F)F)C(=O)c1n[nH]c(C(C)(C)C)n1. The second kappa shape index (κ2) is 5.80. The lowest BCUT2D eigenvalue weighted by atomic mass is 9.96. The van der Waals surface area contributed by atoms with E-state index in [1.165, 1.54) is 0 Å². The highest BCUT2D eigenvalue weighted by molar-refractivity contribution is 5.90. The normalized spacial score (nSPS) is 12.6. The molecule has 114 valence electrons. The van der Waals surface area contributed by atoms with Gasteiger partial charge in [0.15, 0.2) is 0 Å². The molecule has 0 unspecified atom stereocenters. The van der Waals surface area contributed by atoms with Crippen LogP contribution in [-0.2, 0) is 5.41 Å². The molecule has 0 bridgehead atoms. The second-order valence-electron chi connectivity index (χ2n) is 5.60. The van der Waals surface area contributed by atoms with E-state index in [1.807, 2.05) is 20.8 Å². The molecule has 0 saturated heterocycles. The lowest BCUT2D eigenvalue weighted by Crippen LogP contribution is -2.40. The van der Waals surface area contributed by atoms with Crippen LogP contribution in [-0.4, -0.2) is 45.3 Å². The molecular formula is C12H19F3N4O. The molecule has 1 aromatic heterocycles. The summed E-state index contributed by atoms with van der Waals surface area (Å²) >= 11 is 0. The molecule has 0 aromatic carbocycles. The van der Waals surface area contributed by atoms with Gasteiger partial charge in [-0.15, -0.1) is 5.10 Å². The quantitative estimate of drug-likeness (QED) is 0.927. The summed E-state index contributed by atoms with van der Waals surface area (Å²) in [6.45, 7) is 6.01. The molecule has 0 aliphatic carbocycles. The molecule has 1 heterocycles. The fourth-order valence-corrected chi connectivity index (χ4v) is 1.57. The molecule has 0 aliphatic heterocycles. The van der Waals surface area contributed by atoms with Crippen LogP contribution < -0.4 is 0 Å². The minimum Gasteiger partial charge on any atom is -0.327 e. The second-order valence-corrected chi connectivity index (χ2v) is 5.60. The monoisotopic (exact) mass is 292 g/mol.